The van der Waals surface area contributed by atoms with Crippen molar-refractivity contribution < 1.29 is 23.9 Å². The molecule has 10 heteroatoms. The normalized spacial score (nSPS) is 17.2. The summed E-state index contributed by atoms with van der Waals surface area (Å²) in [6.07, 6.45) is 2.08. The molecular formula is C22H18ClFN4O4. The van der Waals surface area contributed by atoms with E-state index in [1.54, 1.807) is 29.3 Å². The largest absolute Gasteiger partial charge is 0.480 e. The second-order valence-electron chi connectivity index (χ2n) is 8.09. The van der Waals surface area contributed by atoms with Crippen molar-refractivity contribution in [2.24, 2.45) is 0 Å². The van der Waals surface area contributed by atoms with Gasteiger partial charge in [0.15, 0.2) is 0 Å². The second-order valence-corrected chi connectivity index (χ2v) is 8.46. The summed E-state index contributed by atoms with van der Waals surface area (Å²) in [5.74, 6) is -2.44. The smallest absolute Gasteiger partial charge is 0.323 e. The van der Waals surface area contributed by atoms with Gasteiger partial charge in [-0.3, -0.25) is 19.5 Å². The Morgan fingerprint density at radius 2 is 1.97 bits per heavy atom. The molecule has 0 aliphatic carbocycles. The zero-order valence-electron chi connectivity index (χ0n) is 16.8. The number of nitrogens with one attached hydrogen (secondary N) is 1. The maximum atomic E-state index is 14.3. The quantitative estimate of drug-likeness (QED) is 0.630. The maximum absolute atomic E-state index is 14.3. The molecule has 1 fully saturated rings. The number of rotatable bonds is 3. The Hall–Kier alpha value is -3.46. The van der Waals surface area contributed by atoms with Gasteiger partial charge in [-0.15, -0.1) is 0 Å². The van der Waals surface area contributed by atoms with E-state index in [4.69, 9.17) is 11.6 Å². The predicted octanol–water partition coefficient (Wildman–Crippen LogP) is 2.96. The van der Waals surface area contributed by atoms with E-state index in [1.807, 2.05) is 0 Å². The number of nitrogens with zero attached hydrogens (tertiary/aromatic N) is 3. The second kappa shape index (κ2) is 7.30. The standard InChI is InChI=1S/C22H18ClFN4O4/c23-19-14(24)2-4-16-18(19)22(21(32)28(16)11-17(29)30)5-7-27(8-6-22)20(31)12-1-3-15-13(9-12)10-25-26-15/h1-4,9-10H,5-8,11H2,(H,25,26)(H,29,30). The van der Waals surface area contributed by atoms with Crippen molar-refractivity contribution in [1.29, 1.82) is 0 Å². The van der Waals surface area contributed by atoms with Crippen LogP contribution in [0.1, 0.15) is 28.8 Å². The van der Waals surface area contributed by atoms with E-state index in [1.165, 1.54) is 6.07 Å². The number of H-pyrrole nitrogens is 1. The minimum absolute atomic E-state index is 0.172. The Morgan fingerprint density at radius 3 is 2.69 bits per heavy atom. The lowest BCUT2D eigenvalue weighted by molar-refractivity contribution is -0.137. The number of aromatic amines is 1. The molecular weight excluding hydrogens is 439 g/mol. The summed E-state index contributed by atoms with van der Waals surface area (Å²) < 4.78 is 14.3. The first-order valence-corrected chi connectivity index (χ1v) is 10.4. The Labute approximate surface area is 186 Å². The van der Waals surface area contributed by atoms with Crippen molar-refractivity contribution in [3.05, 3.63) is 58.5 Å². The fourth-order valence-electron chi connectivity index (χ4n) is 4.80. The van der Waals surface area contributed by atoms with Gasteiger partial charge in [-0.2, -0.15) is 5.10 Å². The average Bonchev–Trinajstić information content (AvgIpc) is 3.33. The van der Waals surface area contributed by atoms with Crippen molar-refractivity contribution in [1.82, 2.24) is 15.1 Å². The average molecular weight is 457 g/mol. The van der Waals surface area contributed by atoms with Gasteiger partial charge in [-0.05, 0) is 43.2 Å². The predicted molar refractivity (Wildman–Crippen MR) is 114 cm³/mol. The molecule has 0 saturated carbocycles. The number of carboxylic acid groups (broad SMARTS) is 1. The number of likely N-dealkylation sites (tertiary alicyclic amines) is 1. The number of benzene rings is 2. The van der Waals surface area contributed by atoms with Crippen molar-refractivity contribution in [2.45, 2.75) is 18.3 Å². The summed E-state index contributed by atoms with van der Waals surface area (Å²) in [6, 6.07) is 7.77. The molecule has 0 atom stereocenters. The van der Waals surface area contributed by atoms with Gasteiger partial charge in [0.05, 0.1) is 27.8 Å². The highest BCUT2D eigenvalue weighted by molar-refractivity contribution is 6.33. The van der Waals surface area contributed by atoms with Crippen molar-refractivity contribution in [3.8, 4) is 0 Å². The van der Waals surface area contributed by atoms with Crippen LogP contribution in [0.2, 0.25) is 5.02 Å². The van der Waals surface area contributed by atoms with Gasteiger partial charge in [-0.1, -0.05) is 11.6 Å². The zero-order valence-corrected chi connectivity index (χ0v) is 17.5. The van der Waals surface area contributed by atoms with Crippen LogP contribution in [0.3, 0.4) is 0 Å². The topological polar surface area (TPSA) is 107 Å². The van der Waals surface area contributed by atoms with Gasteiger partial charge in [0.2, 0.25) is 5.91 Å². The Morgan fingerprint density at radius 1 is 1.22 bits per heavy atom. The van der Waals surface area contributed by atoms with Crippen LogP contribution in [-0.4, -0.2) is 57.6 Å². The van der Waals surface area contributed by atoms with Gasteiger partial charge in [0, 0.05) is 29.6 Å². The number of hydrogen-bond acceptors (Lipinski definition) is 4. The van der Waals surface area contributed by atoms with E-state index in [2.05, 4.69) is 10.2 Å². The molecule has 1 spiro atoms. The number of piperidine rings is 1. The van der Waals surface area contributed by atoms with Gasteiger partial charge < -0.3 is 14.9 Å². The zero-order chi connectivity index (χ0) is 22.6. The summed E-state index contributed by atoms with van der Waals surface area (Å²) in [6.45, 7) is -0.0364. The summed E-state index contributed by atoms with van der Waals surface area (Å²) in [5, 5.41) is 16.7. The van der Waals surface area contributed by atoms with Gasteiger partial charge in [0.25, 0.3) is 5.91 Å². The lowest BCUT2D eigenvalue weighted by atomic mass is 9.73. The molecule has 0 unspecified atom stereocenters. The van der Waals surface area contributed by atoms with Crippen LogP contribution in [0.15, 0.2) is 36.5 Å². The Bertz CT molecular complexity index is 1280. The van der Waals surface area contributed by atoms with Gasteiger partial charge >= 0.3 is 5.97 Å². The fraction of sp³-hybridized carbons (Fsp3) is 0.273. The molecule has 2 amide bonds. The van der Waals surface area contributed by atoms with Crippen LogP contribution in [0, 0.1) is 5.82 Å². The van der Waals surface area contributed by atoms with Crippen LogP contribution in [0.4, 0.5) is 10.1 Å². The Kier molecular flexibility index (Phi) is 4.67. The highest BCUT2D eigenvalue weighted by atomic mass is 35.5. The van der Waals surface area contributed by atoms with E-state index >= 15 is 0 Å². The number of fused-ring (bicyclic) bond motifs is 3. The molecule has 1 aromatic heterocycles. The van der Waals surface area contributed by atoms with Crippen molar-refractivity contribution >= 4 is 46.0 Å². The molecule has 0 radical (unpaired) electrons. The number of anilines is 1. The number of aliphatic carboxylic acids is 1. The SMILES string of the molecule is O=C(O)CN1C(=O)C2(CCN(C(=O)c3ccc4[nH]ncc4c3)CC2)c2c1ccc(F)c2Cl. The molecule has 2 aliphatic rings. The van der Waals surface area contributed by atoms with Crippen LogP contribution in [0.5, 0.6) is 0 Å². The first-order chi connectivity index (χ1) is 15.3. The molecule has 2 aromatic carbocycles. The van der Waals surface area contributed by atoms with Crippen LogP contribution in [-0.2, 0) is 15.0 Å². The number of carboxylic acids is 1. The highest BCUT2D eigenvalue weighted by Gasteiger charge is 2.54. The molecule has 2 N–H and O–H groups in total. The van der Waals surface area contributed by atoms with Crippen molar-refractivity contribution in [2.75, 3.05) is 24.5 Å². The first-order valence-electron chi connectivity index (χ1n) is 10.1. The summed E-state index contributed by atoms with van der Waals surface area (Å²) in [7, 11) is 0. The molecule has 8 nitrogen and oxygen atoms in total. The lowest BCUT2D eigenvalue weighted by Gasteiger charge is -2.38. The van der Waals surface area contributed by atoms with Crippen LogP contribution in [0.25, 0.3) is 10.9 Å². The third-order valence-electron chi connectivity index (χ3n) is 6.38. The van der Waals surface area contributed by atoms with E-state index in [0.29, 0.717) is 16.8 Å². The summed E-state index contributed by atoms with van der Waals surface area (Å²) >= 11 is 6.28. The molecule has 0 bridgehead atoms. The summed E-state index contributed by atoms with van der Waals surface area (Å²) in [4.78, 5) is 40.6. The van der Waals surface area contributed by atoms with Gasteiger partial charge in [-0.25, -0.2) is 4.39 Å². The first kappa shape index (κ1) is 20.4. The molecule has 2 aliphatic heterocycles. The number of aromatic nitrogens is 2. The minimum atomic E-state index is -1.18. The number of amides is 2. The third-order valence-corrected chi connectivity index (χ3v) is 6.75. The number of carbonyl (C=O) groups excluding carboxylic acids is 2. The highest BCUT2D eigenvalue weighted by Crippen LogP contribution is 2.51. The fourth-order valence-corrected chi connectivity index (χ4v) is 5.14. The summed E-state index contributed by atoms with van der Waals surface area (Å²) in [5.41, 5.74) is 0.799. The Balaban J connectivity index is 1.45. The molecule has 1 saturated heterocycles. The number of hydrogen-bond donors (Lipinski definition) is 2. The molecule has 32 heavy (non-hydrogen) atoms. The number of halogens is 2. The molecule has 5 rings (SSSR count). The van der Waals surface area contributed by atoms with Gasteiger partial charge in [0.1, 0.15) is 12.4 Å². The van der Waals surface area contributed by atoms with E-state index in [-0.39, 0.29) is 36.9 Å². The minimum Gasteiger partial charge on any atom is -0.480 e. The molecule has 164 valence electrons. The lowest BCUT2D eigenvalue weighted by Crippen LogP contribution is -2.50. The maximum Gasteiger partial charge on any atom is 0.323 e. The number of carbonyl (C=O) groups is 3. The van der Waals surface area contributed by atoms with Crippen LogP contribution >= 0.6 is 11.6 Å². The van der Waals surface area contributed by atoms with E-state index in [9.17, 15) is 23.9 Å². The third kappa shape index (κ3) is 2.96. The van der Waals surface area contributed by atoms with E-state index < -0.39 is 29.7 Å². The monoisotopic (exact) mass is 456 g/mol. The van der Waals surface area contributed by atoms with Crippen LogP contribution < -0.4 is 4.90 Å². The molecule has 3 aromatic rings. The van der Waals surface area contributed by atoms with E-state index in [0.717, 1.165) is 21.9 Å². The van der Waals surface area contributed by atoms with Crippen molar-refractivity contribution in [3.63, 3.8) is 0 Å². The molecule has 3 heterocycles.